The number of carbonyl (C=O) groups is 4. The normalized spacial score (nSPS) is 14.4. The molecule has 0 radical (unpaired) electrons. The lowest BCUT2D eigenvalue weighted by Crippen LogP contribution is -2.30. The number of ether oxygens (including phenoxy) is 4. The number of esters is 4. The molecule has 5 atom stereocenters. The van der Waals surface area contributed by atoms with E-state index in [-0.39, 0.29) is 25.7 Å². The highest BCUT2D eigenvalue weighted by molar-refractivity contribution is 7.47. The maximum Gasteiger partial charge on any atom is 0.472 e. The Morgan fingerprint density at radius 3 is 0.721 bits per heavy atom. The largest absolute Gasteiger partial charge is 0.472 e. The van der Waals surface area contributed by atoms with E-state index >= 15 is 0 Å². The average Bonchev–Trinajstić information content (AvgIpc) is 3.67. The number of hydrogen-bond donors (Lipinski definition) is 3. The molecular formula is C67H130O17P2. The third-order valence-corrected chi connectivity index (χ3v) is 17.2. The van der Waals surface area contributed by atoms with Crippen molar-refractivity contribution in [1.29, 1.82) is 0 Å². The highest BCUT2D eigenvalue weighted by Crippen LogP contribution is 2.45. The number of aliphatic hydroxyl groups excluding tert-OH is 1. The summed E-state index contributed by atoms with van der Waals surface area (Å²) in [5.74, 6) is 0.775. The summed E-state index contributed by atoms with van der Waals surface area (Å²) in [5, 5.41) is 10.6. The minimum atomic E-state index is -4.95. The van der Waals surface area contributed by atoms with E-state index in [1.54, 1.807) is 0 Å². The Labute approximate surface area is 524 Å². The van der Waals surface area contributed by atoms with Gasteiger partial charge in [0.15, 0.2) is 12.2 Å². The Balaban J connectivity index is 5.25. The van der Waals surface area contributed by atoms with Gasteiger partial charge >= 0.3 is 39.5 Å². The van der Waals surface area contributed by atoms with Crippen LogP contribution in [0.2, 0.25) is 0 Å². The van der Waals surface area contributed by atoms with Gasteiger partial charge in [-0.05, 0) is 49.4 Å². The van der Waals surface area contributed by atoms with Crippen LogP contribution in [-0.2, 0) is 65.4 Å². The third kappa shape index (κ3) is 60.9. The van der Waals surface area contributed by atoms with Gasteiger partial charge in [0.2, 0.25) is 0 Å². The topological polar surface area (TPSA) is 237 Å². The first kappa shape index (κ1) is 84.1. The molecule has 0 aliphatic heterocycles. The Kier molecular flexibility index (Phi) is 55.7. The molecule has 19 heteroatoms. The number of carbonyl (C=O) groups excluding carboxylic acids is 4. The molecule has 0 heterocycles. The second-order valence-electron chi connectivity index (χ2n) is 26.1. The van der Waals surface area contributed by atoms with E-state index in [4.69, 9.17) is 37.0 Å². The van der Waals surface area contributed by atoms with Gasteiger partial charge < -0.3 is 33.8 Å². The highest BCUT2D eigenvalue weighted by atomic mass is 31.2. The van der Waals surface area contributed by atoms with Crippen molar-refractivity contribution in [3.8, 4) is 0 Å². The van der Waals surface area contributed by atoms with Crippen LogP contribution in [0.1, 0.15) is 325 Å². The van der Waals surface area contributed by atoms with Crippen LogP contribution in [0.4, 0.5) is 0 Å². The molecule has 0 aliphatic rings. The summed E-state index contributed by atoms with van der Waals surface area (Å²) in [6.07, 6.45) is 37.7. The lowest BCUT2D eigenvalue weighted by molar-refractivity contribution is -0.161. The second-order valence-corrected chi connectivity index (χ2v) is 29.0. The maximum absolute atomic E-state index is 13.0. The SMILES string of the molecule is CC(C)CCCCCCCCCCCCC(=O)OC[C@H](COP(=O)(O)OC[C@@H](O)COP(=O)(O)OC[C@@H](COC(=O)CCCCCCCCC(C)C)OC(=O)CCCCCCCCCCCC(C)C)OC(=O)CCCCCCCCCCCC(C)C. The zero-order valence-corrected chi connectivity index (χ0v) is 57.7. The monoisotopic (exact) mass is 1270 g/mol. The summed E-state index contributed by atoms with van der Waals surface area (Å²) in [4.78, 5) is 72.4. The number of phosphoric acid groups is 2. The fraction of sp³-hybridized carbons (Fsp3) is 0.940. The molecule has 0 aliphatic carbocycles. The van der Waals surface area contributed by atoms with E-state index in [1.165, 1.54) is 122 Å². The standard InChI is InChI=1S/C67H130O17P2/c1-57(2)43-35-27-19-13-9-10-16-22-31-39-47-64(69)77-53-62(83-66(71)49-41-33-23-17-11-14-20-28-36-44-58(3)4)55-81-85(73,74)79-51-61(68)52-80-86(75,76)82-56-63(54-78-65(70)48-40-32-26-25-30-38-46-60(7)8)84-67(72)50-42-34-24-18-12-15-21-29-37-45-59(5)6/h57-63,68H,9-56H2,1-8H3,(H,73,74)(H,75,76)/t61-,62-,63-/m1/s1. The molecule has 0 spiro atoms. The van der Waals surface area contributed by atoms with E-state index in [9.17, 15) is 43.2 Å². The molecule has 86 heavy (non-hydrogen) atoms. The van der Waals surface area contributed by atoms with Gasteiger partial charge in [0.05, 0.1) is 26.4 Å². The van der Waals surface area contributed by atoms with Crippen LogP contribution in [0.5, 0.6) is 0 Å². The summed E-state index contributed by atoms with van der Waals surface area (Å²) in [5.41, 5.74) is 0. The van der Waals surface area contributed by atoms with Gasteiger partial charge in [-0.2, -0.15) is 0 Å². The van der Waals surface area contributed by atoms with Crippen LogP contribution in [0.15, 0.2) is 0 Å². The average molecular weight is 1270 g/mol. The van der Waals surface area contributed by atoms with E-state index in [1.807, 2.05) is 0 Å². The van der Waals surface area contributed by atoms with Crippen LogP contribution in [0, 0.1) is 23.7 Å². The van der Waals surface area contributed by atoms with E-state index in [0.29, 0.717) is 31.6 Å². The molecule has 0 bridgehead atoms. The van der Waals surface area contributed by atoms with Crippen LogP contribution in [0.3, 0.4) is 0 Å². The van der Waals surface area contributed by atoms with Gasteiger partial charge in [-0.3, -0.25) is 37.3 Å². The molecule has 17 nitrogen and oxygen atoms in total. The molecule has 0 aromatic carbocycles. The summed E-state index contributed by atoms with van der Waals surface area (Å²) in [7, 11) is -9.90. The Morgan fingerprint density at radius 1 is 0.291 bits per heavy atom. The minimum absolute atomic E-state index is 0.104. The highest BCUT2D eigenvalue weighted by Gasteiger charge is 2.30. The van der Waals surface area contributed by atoms with Crippen molar-refractivity contribution < 1.29 is 80.2 Å². The number of unbranched alkanes of at least 4 members (excludes halogenated alkanes) is 30. The van der Waals surface area contributed by atoms with Crippen molar-refractivity contribution in [3.05, 3.63) is 0 Å². The molecular weight excluding hydrogens is 1140 g/mol. The molecule has 0 saturated heterocycles. The molecule has 0 saturated carbocycles. The lowest BCUT2D eigenvalue weighted by atomic mass is 10.0. The summed E-state index contributed by atoms with van der Waals surface area (Å²) >= 11 is 0. The van der Waals surface area contributed by atoms with Gasteiger partial charge in [-0.15, -0.1) is 0 Å². The fourth-order valence-corrected chi connectivity index (χ4v) is 11.5. The van der Waals surface area contributed by atoms with E-state index < -0.39 is 97.5 Å². The fourth-order valence-electron chi connectivity index (χ4n) is 9.96. The van der Waals surface area contributed by atoms with Gasteiger partial charge in [-0.25, -0.2) is 9.13 Å². The van der Waals surface area contributed by atoms with E-state index in [0.717, 1.165) is 114 Å². The van der Waals surface area contributed by atoms with Crippen LogP contribution >= 0.6 is 15.6 Å². The quantitative estimate of drug-likeness (QED) is 0.0222. The van der Waals surface area contributed by atoms with Crippen molar-refractivity contribution in [2.75, 3.05) is 39.6 Å². The predicted octanol–water partition coefficient (Wildman–Crippen LogP) is 18.5. The number of hydrogen-bond acceptors (Lipinski definition) is 15. The summed E-state index contributed by atoms with van der Waals surface area (Å²) in [6, 6.07) is 0. The Morgan fingerprint density at radius 2 is 0.488 bits per heavy atom. The van der Waals surface area contributed by atoms with Crippen molar-refractivity contribution in [1.82, 2.24) is 0 Å². The Bertz CT molecular complexity index is 1710. The van der Waals surface area contributed by atoms with Crippen molar-refractivity contribution >= 4 is 39.5 Å². The zero-order chi connectivity index (χ0) is 63.9. The number of phosphoric ester groups is 2. The molecule has 0 aromatic heterocycles. The first-order valence-corrected chi connectivity index (χ1v) is 37.7. The molecule has 0 aromatic rings. The minimum Gasteiger partial charge on any atom is -0.462 e. The molecule has 0 rings (SSSR count). The van der Waals surface area contributed by atoms with Crippen molar-refractivity contribution in [2.45, 2.75) is 343 Å². The Hall–Kier alpha value is -1.94. The summed E-state index contributed by atoms with van der Waals surface area (Å²) in [6.45, 7) is 14.0. The van der Waals surface area contributed by atoms with Crippen LogP contribution in [-0.4, -0.2) is 96.7 Å². The van der Waals surface area contributed by atoms with Crippen molar-refractivity contribution in [3.63, 3.8) is 0 Å². The first-order valence-electron chi connectivity index (χ1n) is 34.7. The van der Waals surface area contributed by atoms with Gasteiger partial charge in [0.25, 0.3) is 0 Å². The van der Waals surface area contributed by atoms with E-state index in [2.05, 4.69) is 55.4 Å². The lowest BCUT2D eigenvalue weighted by Gasteiger charge is -2.21. The summed E-state index contributed by atoms with van der Waals surface area (Å²) < 4.78 is 68.1. The molecule has 3 N–H and O–H groups in total. The second kappa shape index (κ2) is 57.0. The molecule has 0 amide bonds. The first-order chi connectivity index (χ1) is 41.1. The zero-order valence-electron chi connectivity index (χ0n) is 55.9. The van der Waals surface area contributed by atoms with Gasteiger partial charge in [0.1, 0.15) is 19.3 Å². The van der Waals surface area contributed by atoms with Gasteiger partial charge in [0, 0.05) is 25.7 Å². The smallest absolute Gasteiger partial charge is 0.462 e. The predicted molar refractivity (Wildman–Crippen MR) is 344 cm³/mol. The maximum atomic E-state index is 13.0. The van der Waals surface area contributed by atoms with Gasteiger partial charge in [-0.1, -0.05) is 274 Å². The van der Waals surface area contributed by atoms with Crippen LogP contribution in [0.25, 0.3) is 0 Å². The van der Waals surface area contributed by atoms with Crippen LogP contribution < -0.4 is 0 Å². The number of aliphatic hydroxyl groups is 1. The van der Waals surface area contributed by atoms with Crippen molar-refractivity contribution in [2.24, 2.45) is 23.7 Å². The number of rotatable bonds is 64. The third-order valence-electron chi connectivity index (χ3n) is 15.3. The molecule has 510 valence electrons. The molecule has 0 fully saturated rings. The molecule has 2 unspecified atom stereocenters.